The van der Waals surface area contributed by atoms with Gasteiger partial charge in [-0.05, 0) is 56.9 Å². The van der Waals surface area contributed by atoms with Crippen LogP contribution in [0.4, 0.5) is 0 Å². The van der Waals surface area contributed by atoms with E-state index in [-0.39, 0.29) is 1.43 Å². The second kappa shape index (κ2) is 4.18. The molecule has 0 spiro atoms. The predicted octanol–water partition coefficient (Wildman–Crippen LogP) is 2.63. The minimum absolute atomic E-state index is 0. The Bertz CT molecular complexity index is 281. The molecule has 0 aromatic carbocycles. The maximum absolute atomic E-state index is 5.84. The molecule has 1 heterocycles. The largest absolute Gasteiger partial charge is 0.491 e. The Balaban J connectivity index is 0.00000112. The normalized spacial score (nSPS) is 22.1. The van der Waals surface area contributed by atoms with Crippen LogP contribution in [0.1, 0.15) is 34.5 Å². The molecule has 1 aliphatic heterocycles. The molecule has 0 atom stereocenters. The predicted molar refractivity (Wildman–Crippen MR) is 60.2 cm³/mol. The molecular formula is C12H21NO. The number of nitrogens with one attached hydrogen (secondary N) is 1. The quantitative estimate of drug-likeness (QED) is 0.731. The van der Waals surface area contributed by atoms with Crippen LogP contribution in [0.15, 0.2) is 23.0 Å². The van der Waals surface area contributed by atoms with Crippen molar-refractivity contribution in [1.82, 2.24) is 5.32 Å². The van der Waals surface area contributed by atoms with Crippen LogP contribution in [0.3, 0.4) is 0 Å². The van der Waals surface area contributed by atoms with Gasteiger partial charge in [-0.3, -0.25) is 0 Å². The zero-order valence-corrected chi connectivity index (χ0v) is 9.10. The van der Waals surface area contributed by atoms with Gasteiger partial charge in [-0.1, -0.05) is 0 Å². The lowest BCUT2D eigenvalue weighted by Gasteiger charge is -2.27. The van der Waals surface area contributed by atoms with Crippen LogP contribution in [-0.2, 0) is 4.74 Å². The fourth-order valence-corrected chi connectivity index (χ4v) is 2.15. The van der Waals surface area contributed by atoms with E-state index in [0.29, 0.717) is 6.10 Å². The maximum Gasteiger partial charge on any atom is 0.118 e. The standard InChI is InChI=1S/C12H19NO.H2/c1-9(2)14-12-5-3-4-10-8-13-7-6-11(10)12;/h5,9,13H,3-4,6-8H2,1-2H3;1H. The van der Waals surface area contributed by atoms with E-state index >= 15 is 0 Å². The summed E-state index contributed by atoms with van der Waals surface area (Å²) in [6, 6.07) is 0. The van der Waals surface area contributed by atoms with Crippen LogP contribution in [0.5, 0.6) is 0 Å². The summed E-state index contributed by atoms with van der Waals surface area (Å²) < 4.78 is 5.84. The van der Waals surface area contributed by atoms with Gasteiger partial charge in [-0.25, -0.2) is 0 Å². The third kappa shape index (κ3) is 2.01. The highest BCUT2D eigenvalue weighted by Crippen LogP contribution is 2.30. The van der Waals surface area contributed by atoms with Crippen LogP contribution in [0, 0.1) is 0 Å². The minimum Gasteiger partial charge on any atom is -0.491 e. The molecule has 1 aliphatic carbocycles. The van der Waals surface area contributed by atoms with Crippen LogP contribution in [-0.4, -0.2) is 19.2 Å². The van der Waals surface area contributed by atoms with E-state index < -0.39 is 0 Å². The van der Waals surface area contributed by atoms with Crippen LogP contribution >= 0.6 is 0 Å². The topological polar surface area (TPSA) is 21.3 Å². The van der Waals surface area contributed by atoms with Crippen molar-refractivity contribution in [3.8, 4) is 0 Å². The van der Waals surface area contributed by atoms with Gasteiger partial charge in [0, 0.05) is 7.97 Å². The van der Waals surface area contributed by atoms with Crippen molar-refractivity contribution in [1.29, 1.82) is 0 Å². The summed E-state index contributed by atoms with van der Waals surface area (Å²) in [6.45, 7) is 6.35. The smallest absolute Gasteiger partial charge is 0.118 e. The lowest BCUT2D eigenvalue weighted by atomic mass is 9.91. The molecule has 2 nitrogen and oxygen atoms in total. The van der Waals surface area contributed by atoms with Crippen LogP contribution in [0.2, 0.25) is 0 Å². The van der Waals surface area contributed by atoms with Gasteiger partial charge < -0.3 is 10.1 Å². The molecule has 2 aliphatic rings. The van der Waals surface area contributed by atoms with Crippen LogP contribution < -0.4 is 5.32 Å². The molecule has 2 rings (SSSR count). The SMILES string of the molecule is CC(C)OC1=CCCC2=C1CCNC2.[HH]. The van der Waals surface area contributed by atoms with Crippen LogP contribution in [0.25, 0.3) is 0 Å². The molecule has 14 heavy (non-hydrogen) atoms. The van der Waals surface area contributed by atoms with Gasteiger partial charge >= 0.3 is 0 Å². The summed E-state index contributed by atoms with van der Waals surface area (Å²) in [4.78, 5) is 0. The van der Waals surface area contributed by atoms with E-state index in [9.17, 15) is 0 Å². The summed E-state index contributed by atoms with van der Waals surface area (Å²) in [5.74, 6) is 1.16. The lowest BCUT2D eigenvalue weighted by molar-refractivity contribution is 0.150. The Morgan fingerprint density at radius 3 is 3.07 bits per heavy atom. The average molecular weight is 195 g/mol. The van der Waals surface area contributed by atoms with Gasteiger partial charge in [0.15, 0.2) is 0 Å². The van der Waals surface area contributed by atoms with Crippen molar-refractivity contribution in [3.63, 3.8) is 0 Å². The third-order valence-electron chi connectivity index (χ3n) is 2.75. The Morgan fingerprint density at radius 1 is 1.43 bits per heavy atom. The van der Waals surface area contributed by atoms with Gasteiger partial charge in [0.2, 0.25) is 0 Å². The van der Waals surface area contributed by atoms with Gasteiger partial charge in [-0.2, -0.15) is 0 Å². The maximum atomic E-state index is 5.84. The number of hydrogen-bond acceptors (Lipinski definition) is 2. The second-order valence-corrected chi connectivity index (χ2v) is 4.28. The molecule has 0 unspecified atom stereocenters. The number of ether oxygens (including phenoxy) is 1. The molecule has 0 saturated heterocycles. The number of rotatable bonds is 2. The highest BCUT2D eigenvalue weighted by Gasteiger charge is 2.20. The van der Waals surface area contributed by atoms with E-state index in [4.69, 9.17) is 4.74 Å². The van der Waals surface area contributed by atoms with E-state index in [1.165, 1.54) is 12.0 Å². The molecule has 1 N–H and O–H groups in total. The Morgan fingerprint density at radius 2 is 2.29 bits per heavy atom. The molecule has 0 aromatic heterocycles. The van der Waals surface area contributed by atoms with Gasteiger partial charge in [0.25, 0.3) is 0 Å². The molecule has 80 valence electrons. The second-order valence-electron chi connectivity index (χ2n) is 4.28. The molecule has 0 bridgehead atoms. The highest BCUT2D eigenvalue weighted by atomic mass is 16.5. The average Bonchev–Trinajstić information content (AvgIpc) is 2.18. The van der Waals surface area contributed by atoms with E-state index in [2.05, 4.69) is 25.2 Å². The molecule has 0 amide bonds. The molecular weight excluding hydrogens is 174 g/mol. The molecule has 0 radical (unpaired) electrons. The Labute approximate surface area is 87.5 Å². The highest BCUT2D eigenvalue weighted by molar-refractivity contribution is 5.37. The number of hydrogen-bond donors (Lipinski definition) is 1. The third-order valence-corrected chi connectivity index (χ3v) is 2.75. The first-order chi connectivity index (χ1) is 6.77. The van der Waals surface area contributed by atoms with Crippen molar-refractivity contribution >= 4 is 0 Å². The first kappa shape index (κ1) is 9.78. The molecule has 0 fully saturated rings. The first-order valence-electron chi connectivity index (χ1n) is 5.56. The van der Waals surface area contributed by atoms with Gasteiger partial charge in [0.1, 0.15) is 5.76 Å². The Hall–Kier alpha value is -0.760. The zero-order chi connectivity index (χ0) is 9.97. The lowest BCUT2D eigenvalue weighted by Crippen LogP contribution is -2.27. The molecule has 0 saturated carbocycles. The van der Waals surface area contributed by atoms with E-state index in [0.717, 1.165) is 31.7 Å². The summed E-state index contributed by atoms with van der Waals surface area (Å²) in [5.41, 5.74) is 3.04. The summed E-state index contributed by atoms with van der Waals surface area (Å²) in [7, 11) is 0. The van der Waals surface area contributed by atoms with Crippen molar-refractivity contribution in [2.45, 2.75) is 39.2 Å². The minimum atomic E-state index is 0. The fraction of sp³-hybridized carbons (Fsp3) is 0.667. The fourth-order valence-electron chi connectivity index (χ4n) is 2.15. The zero-order valence-electron chi connectivity index (χ0n) is 9.10. The monoisotopic (exact) mass is 195 g/mol. The summed E-state index contributed by atoms with van der Waals surface area (Å²) >= 11 is 0. The molecule has 0 aromatic rings. The Kier molecular flexibility index (Phi) is 2.92. The van der Waals surface area contributed by atoms with Gasteiger partial charge in [0.05, 0.1) is 6.10 Å². The summed E-state index contributed by atoms with van der Waals surface area (Å²) in [6.07, 6.45) is 6.04. The first-order valence-corrected chi connectivity index (χ1v) is 5.56. The van der Waals surface area contributed by atoms with Gasteiger partial charge in [-0.15, -0.1) is 0 Å². The van der Waals surface area contributed by atoms with Crippen molar-refractivity contribution < 1.29 is 6.16 Å². The van der Waals surface area contributed by atoms with Crippen molar-refractivity contribution in [3.05, 3.63) is 23.0 Å². The molecule has 2 heteroatoms. The van der Waals surface area contributed by atoms with E-state index in [1.807, 2.05) is 0 Å². The van der Waals surface area contributed by atoms with Crippen molar-refractivity contribution in [2.75, 3.05) is 13.1 Å². The summed E-state index contributed by atoms with van der Waals surface area (Å²) in [5, 5.41) is 3.42. The van der Waals surface area contributed by atoms with Crippen molar-refractivity contribution in [2.24, 2.45) is 0 Å². The van der Waals surface area contributed by atoms with E-state index in [1.54, 1.807) is 5.57 Å². The number of allylic oxidation sites excluding steroid dienone is 2.